The summed E-state index contributed by atoms with van der Waals surface area (Å²) >= 11 is 0. The molecule has 1 aliphatic heterocycles. The molecule has 1 unspecified atom stereocenters. The molecule has 0 aromatic heterocycles. The third-order valence-electron chi connectivity index (χ3n) is 3.39. The van der Waals surface area contributed by atoms with Crippen molar-refractivity contribution in [2.24, 2.45) is 0 Å². The SMILES string of the molecule is N#Cc1ccc(C(=O)CN2CCCC2CO)cc1. The second-order valence-corrected chi connectivity index (χ2v) is 4.56. The van der Waals surface area contributed by atoms with Gasteiger partial charge < -0.3 is 5.11 Å². The maximum Gasteiger partial charge on any atom is 0.176 e. The molecule has 1 heterocycles. The van der Waals surface area contributed by atoms with E-state index < -0.39 is 0 Å². The zero-order valence-corrected chi connectivity index (χ0v) is 10.2. The van der Waals surface area contributed by atoms with Crippen LogP contribution in [0.1, 0.15) is 28.8 Å². The number of carbonyl (C=O) groups is 1. The first-order chi connectivity index (χ1) is 8.74. The fourth-order valence-electron chi connectivity index (χ4n) is 2.32. The summed E-state index contributed by atoms with van der Waals surface area (Å²) in [5, 5.41) is 17.9. The molecule has 1 aliphatic rings. The number of hydrogen-bond donors (Lipinski definition) is 1. The van der Waals surface area contributed by atoms with Crippen molar-refractivity contribution < 1.29 is 9.90 Å². The number of rotatable bonds is 4. The van der Waals surface area contributed by atoms with Crippen LogP contribution in [-0.2, 0) is 0 Å². The number of likely N-dealkylation sites (tertiary alicyclic amines) is 1. The third kappa shape index (κ3) is 2.76. The molecule has 1 saturated heterocycles. The number of carbonyl (C=O) groups excluding carboxylic acids is 1. The van der Waals surface area contributed by atoms with Gasteiger partial charge in [0.1, 0.15) is 0 Å². The number of nitrogens with zero attached hydrogens (tertiary/aromatic N) is 2. The first-order valence-corrected chi connectivity index (χ1v) is 6.13. The number of aliphatic hydroxyl groups is 1. The lowest BCUT2D eigenvalue weighted by Gasteiger charge is -2.21. The van der Waals surface area contributed by atoms with Crippen molar-refractivity contribution in [1.29, 1.82) is 5.26 Å². The van der Waals surface area contributed by atoms with Crippen LogP contribution in [0.4, 0.5) is 0 Å². The van der Waals surface area contributed by atoms with E-state index >= 15 is 0 Å². The van der Waals surface area contributed by atoms with Crippen LogP contribution in [0, 0.1) is 11.3 Å². The number of benzene rings is 1. The molecule has 0 radical (unpaired) electrons. The minimum Gasteiger partial charge on any atom is -0.395 e. The van der Waals surface area contributed by atoms with E-state index in [1.165, 1.54) is 0 Å². The summed E-state index contributed by atoms with van der Waals surface area (Å²) < 4.78 is 0. The molecule has 1 fully saturated rings. The Morgan fingerprint density at radius 3 is 2.78 bits per heavy atom. The van der Waals surface area contributed by atoms with E-state index in [0.29, 0.717) is 17.7 Å². The van der Waals surface area contributed by atoms with Crippen molar-refractivity contribution in [3.63, 3.8) is 0 Å². The summed E-state index contributed by atoms with van der Waals surface area (Å²) in [6.07, 6.45) is 1.99. The highest BCUT2D eigenvalue weighted by atomic mass is 16.3. The summed E-state index contributed by atoms with van der Waals surface area (Å²) in [6, 6.07) is 8.82. The van der Waals surface area contributed by atoms with Gasteiger partial charge in [-0.1, -0.05) is 12.1 Å². The Hall–Kier alpha value is -1.70. The molecule has 4 heteroatoms. The molecule has 0 spiro atoms. The number of nitriles is 1. The minimum atomic E-state index is 0.0415. The molecule has 0 amide bonds. The fourth-order valence-corrected chi connectivity index (χ4v) is 2.32. The van der Waals surface area contributed by atoms with Gasteiger partial charge in [0, 0.05) is 11.6 Å². The van der Waals surface area contributed by atoms with Crippen LogP contribution in [0.5, 0.6) is 0 Å². The maximum absolute atomic E-state index is 12.1. The van der Waals surface area contributed by atoms with Crippen LogP contribution in [0.15, 0.2) is 24.3 Å². The van der Waals surface area contributed by atoms with Crippen LogP contribution in [0.3, 0.4) is 0 Å². The largest absolute Gasteiger partial charge is 0.395 e. The van der Waals surface area contributed by atoms with Crippen molar-refractivity contribution in [3.8, 4) is 6.07 Å². The summed E-state index contributed by atoms with van der Waals surface area (Å²) in [4.78, 5) is 14.1. The van der Waals surface area contributed by atoms with Crippen LogP contribution in [0.2, 0.25) is 0 Å². The molecule has 2 rings (SSSR count). The Bertz CT molecular complexity index is 462. The van der Waals surface area contributed by atoms with Crippen molar-refractivity contribution >= 4 is 5.78 Å². The summed E-state index contributed by atoms with van der Waals surface area (Å²) in [5.41, 5.74) is 1.18. The fraction of sp³-hybridized carbons (Fsp3) is 0.429. The van der Waals surface area contributed by atoms with E-state index in [1.807, 2.05) is 11.0 Å². The minimum absolute atomic E-state index is 0.0415. The van der Waals surface area contributed by atoms with E-state index in [2.05, 4.69) is 0 Å². The maximum atomic E-state index is 12.1. The first-order valence-electron chi connectivity index (χ1n) is 6.13. The van der Waals surface area contributed by atoms with Crippen LogP contribution >= 0.6 is 0 Å². The molecule has 18 heavy (non-hydrogen) atoms. The van der Waals surface area contributed by atoms with Gasteiger partial charge in [-0.15, -0.1) is 0 Å². The van der Waals surface area contributed by atoms with E-state index in [9.17, 15) is 9.90 Å². The van der Waals surface area contributed by atoms with Gasteiger partial charge in [-0.3, -0.25) is 9.69 Å². The Labute approximate surface area is 106 Å². The summed E-state index contributed by atoms with van der Waals surface area (Å²) in [5.74, 6) is 0.0415. The highest BCUT2D eigenvalue weighted by molar-refractivity contribution is 5.97. The molecule has 1 aromatic carbocycles. The van der Waals surface area contributed by atoms with E-state index in [0.717, 1.165) is 19.4 Å². The van der Waals surface area contributed by atoms with Crippen LogP contribution in [-0.4, -0.2) is 41.5 Å². The number of Topliss-reactive ketones (excluding diaryl/α,β-unsaturated/α-hetero) is 1. The second kappa shape index (κ2) is 5.76. The zero-order chi connectivity index (χ0) is 13.0. The average Bonchev–Trinajstić information content (AvgIpc) is 2.86. The van der Waals surface area contributed by atoms with Crippen LogP contribution < -0.4 is 0 Å². The highest BCUT2D eigenvalue weighted by Gasteiger charge is 2.25. The molecule has 1 atom stereocenters. The topological polar surface area (TPSA) is 64.3 Å². The first kappa shape index (κ1) is 12.7. The average molecular weight is 244 g/mol. The predicted octanol–water partition coefficient (Wildman–Crippen LogP) is 1.20. The number of ketones is 1. The van der Waals surface area contributed by atoms with Crippen molar-refractivity contribution in [2.75, 3.05) is 19.7 Å². The predicted molar refractivity (Wildman–Crippen MR) is 67.2 cm³/mol. The molecule has 4 nitrogen and oxygen atoms in total. The number of aliphatic hydroxyl groups excluding tert-OH is 1. The quantitative estimate of drug-likeness (QED) is 0.808. The zero-order valence-electron chi connectivity index (χ0n) is 10.2. The Morgan fingerprint density at radius 2 is 2.17 bits per heavy atom. The molecule has 94 valence electrons. The van der Waals surface area contributed by atoms with Crippen molar-refractivity contribution in [1.82, 2.24) is 4.90 Å². The van der Waals surface area contributed by atoms with Gasteiger partial charge in [0.15, 0.2) is 5.78 Å². The molecular weight excluding hydrogens is 228 g/mol. The standard InChI is InChI=1S/C14H16N2O2/c15-8-11-3-5-12(6-4-11)14(18)9-16-7-1-2-13(16)10-17/h3-6,13,17H,1-2,7,9-10H2. The third-order valence-corrected chi connectivity index (χ3v) is 3.39. The van der Waals surface area contributed by atoms with Gasteiger partial charge in [0.25, 0.3) is 0 Å². The van der Waals surface area contributed by atoms with Crippen molar-refractivity contribution in [2.45, 2.75) is 18.9 Å². The Morgan fingerprint density at radius 1 is 1.44 bits per heavy atom. The van der Waals surface area contributed by atoms with Gasteiger partial charge in [-0.05, 0) is 31.5 Å². The smallest absolute Gasteiger partial charge is 0.176 e. The van der Waals surface area contributed by atoms with Gasteiger partial charge in [-0.25, -0.2) is 0 Å². The van der Waals surface area contributed by atoms with Gasteiger partial charge in [0.2, 0.25) is 0 Å². The van der Waals surface area contributed by atoms with E-state index in [1.54, 1.807) is 24.3 Å². The normalized spacial score (nSPS) is 19.7. The van der Waals surface area contributed by atoms with Gasteiger partial charge in [0.05, 0.1) is 24.8 Å². The van der Waals surface area contributed by atoms with Gasteiger partial charge >= 0.3 is 0 Å². The Kier molecular flexibility index (Phi) is 4.08. The highest BCUT2D eigenvalue weighted by Crippen LogP contribution is 2.17. The monoisotopic (exact) mass is 244 g/mol. The van der Waals surface area contributed by atoms with Crippen molar-refractivity contribution in [3.05, 3.63) is 35.4 Å². The molecular formula is C14H16N2O2. The van der Waals surface area contributed by atoms with Gasteiger partial charge in [-0.2, -0.15) is 5.26 Å². The molecule has 0 bridgehead atoms. The number of hydrogen-bond acceptors (Lipinski definition) is 4. The van der Waals surface area contributed by atoms with Crippen LogP contribution in [0.25, 0.3) is 0 Å². The molecule has 1 aromatic rings. The second-order valence-electron chi connectivity index (χ2n) is 4.56. The van der Waals surface area contributed by atoms with E-state index in [4.69, 9.17) is 5.26 Å². The van der Waals surface area contributed by atoms with E-state index in [-0.39, 0.29) is 18.4 Å². The molecule has 1 N–H and O–H groups in total. The molecule has 0 saturated carbocycles. The lowest BCUT2D eigenvalue weighted by Crippen LogP contribution is -2.36. The lowest BCUT2D eigenvalue weighted by atomic mass is 10.1. The summed E-state index contributed by atoms with van der Waals surface area (Å²) in [6.45, 7) is 1.32. The lowest BCUT2D eigenvalue weighted by molar-refractivity contribution is 0.0888. The Balaban J connectivity index is 2.01. The molecule has 0 aliphatic carbocycles. The summed E-state index contributed by atoms with van der Waals surface area (Å²) in [7, 11) is 0.